The van der Waals surface area contributed by atoms with E-state index in [9.17, 15) is 4.79 Å². The van der Waals surface area contributed by atoms with Crippen LogP contribution in [0.4, 0.5) is 0 Å². The van der Waals surface area contributed by atoms with Gasteiger partial charge in [-0.1, -0.05) is 0 Å². The lowest BCUT2D eigenvalue weighted by Gasteiger charge is -2.19. The minimum absolute atomic E-state index is 0. The number of rotatable bonds is 5. The summed E-state index contributed by atoms with van der Waals surface area (Å²) in [4.78, 5) is 10.5. The molecule has 0 spiro atoms. The first-order chi connectivity index (χ1) is 5.54. The molecule has 14 heavy (non-hydrogen) atoms. The van der Waals surface area contributed by atoms with Crippen LogP contribution in [-0.2, 0) is 4.79 Å². The fraction of sp³-hybridized carbons (Fsp3) is 0.833. The summed E-state index contributed by atoms with van der Waals surface area (Å²) in [7, 11) is 0. The molecule has 0 rings (SSSR count). The van der Waals surface area contributed by atoms with Crippen molar-refractivity contribution in [1.82, 2.24) is 0 Å². The Morgan fingerprint density at radius 2 is 1.50 bits per heavy atom. The number of carbonyl (C=O) groups excluding carboxylic acids is 1. The summed E-state index contributed by atoms with van der Waals surface area (Å²) in [5, 5.41) is 43.1. The molecule has 0 aliphatic rings. The Labute approximate surface area is 79.7 Å². The SMILES string of the molecule is O.O.O=C(CO)[C@@H](O)[C@H](O)[C@H](O)CO. The number of aliphatic hydroxyl groups is 5. The van der Waals surface area contributed by atoms with Crippen molar-refractivity contribution in [3.63, 3.8) is 0 Å². The molecule has 0 aromatic carbocycles. The molecule has 8 nitrogen and oxygen atoms in total. The molecule has 0 heterocycles. The van der Waals surface area contributed by atoms with E-state index in [4.69, 9.17) is 25.5 Å². The van der Waals surface area contributed by atoms with Gasteiger partial charge in [0.15, 0.2) is 5.78 Å². The van der Waals surface area contributed by atoms with Crippen molar-refractivity contribution in [2.75, 3.05) is 13.2 Å². The number of aliphatic hydroxyl groups excluding tert-OH is 5. The van der Waals surface area contributed by atoms with Gasteiger partial charge >= 0.3 is 0 Å². The van der Waals surface area contributed by atoms with E-state index in [2.05, 4.69) is 0 Å². The minimum atomic E-state index is -1.86. The molecule has 0 aliphatic heterocycles. The predicted octanol–water partition coefficient (Wildman–Crippen LogP) is -5.03. The molecule has 0 unspecified atom stereocenters. The van der Waals surface area contributed by atoms with Crippen LogP contribution in [0.2, 0.25) is 0 Å². The summed E-state index contributed by atoms with van der Waals surface area (Å²) in [6.07, 6.45) is -5.22. The van der Waals surface area contributed by atoms with Gasteiger partial charge in [-0.2, -0.15) is 0 Å². The van der Waals surface area contributed by atoms with Gasteiger partial charge < -0.3 is 36.5 Å². The predicted molar refractivity (Wildman–Crippen MR) is 44.4 cm³/mol. The quantitative estimate of drug-likeness (QED) is 0.306. The first-order valence-electron chi connectivity index (χ1n) is 3.33. The van der Waals surface area contributed by atoms with Crippen LogP contribution in [0.3, 0.4) is 0 Å². The van der Waals surface area contributed by atoms with Crippen molar-refractivity contribution in [2.24, 2.45) is 0 Å². The third kappa shape index (κ3) is 5.19. The maximum Gasteiger partial charge on any atom is 0.189 e. The van der Waals surface area contributed by atoms with E-state index in [0.29, 0.717) is 0 Å². The first kappa shape index (κ1) is 19.0. The molecule has 0 aromatic heterocycles. The van der Waals surface area contributed by atoms with Crippen molar-refractivity contribution in [3.05, 3.63) is 0 Å². The maximum absolute atomic E-state index is 10.5. The third-order valence-corrected chi connectivity index (χ3v) is 1.39. The van der Waals surface area contributed by atoms with E-state index >= 15 is 0 Å². The highest BCUT2D eigenvalue weighted by atomic mass is 16.4. The van der Waals surface area contributed by atoms with Gasteiger partial charge in [-0.15, -0.1) is 0 Å². The average Bonchev–Trinajstić information content (AvgIpc) is 2.12. The van der Waals surface area contributed by atoms with Crippen molar-refractivity contribution >= 4 is 5.78 Å². The Morgan fingerprint density at radius 1 is 1.07 bits per heavy atom. The molecular formula is C6H16O8. The zero-order valence-electron chi connectivity index (χ0n) is 7.29. The molecule has 0 aliphatic carbocycles. The average molecular weight is 216 g/mol. The fourth-order valence-electron chi connectivity index (χ4n) is 0.602. The maximum atomic E-state index is 10.5. The first-order valence-corrected chi connectivity index (χ1v) is 3.33. The van der Waals surface area contributed by atoms with Crippen molar-refractivity contribution in [2.45, 2.75) is 18.3 Å². The van der Waals surface area contributed by atoms with Gasteiger partial charge in [0, 0.05) is 0 Å². The molecule has 0 saturated heterocycles. The second-order valence-electron chi connectivity index (χ2n) is 2.31. The molecule has 0 amide bonds. The molecular weight excluding hydrogens is 200 g/mol. The molecule has 0 fully saturated rings. The summed E-state index contributed by atoms with van der Waals surface area (Å²) in [6, 6.07) is 0. The van der Waals surface area contributed by atoms with Gasteiger partial charge in [0.1, 0.15) is 24.9 Å². The van der Waals surface area contributed by atoms with E-state index < -0.39 is 37.3 Å². The molecule has 8 heteroatoms. The highest BCUT2D eigenvalue weighted by molar-refractivity contribution is 5.84. The van der Waals surface area contributed by atoms with Crippen molar-refractivity contribution in [1.29, 1.82) is 0 Å². The summed E-state index contributed by atoms with van der Waals surface area (Å²) in [5.41, 5.74) is 0. The van der Waals surface area contributed by atoms with Crippen molar-refractivity contribution in [3.8, 4) is 0 Å². The molecule has 9 N–H and O–H groups in total. The van der Waals surface area contributed by atoms with Crippen molar-refractivity contribution < 1.29 is 41.3 Å². The Morgan fingerprint density at radius 3 is 1.79 bits per heavy atom. The highest BCUT2D eigenvalue weighted by Gasteiger charge is 2.28. The topological polar surface area (TPSA) is 181 Å². The van der Waals surface area contributed by atoms with Gasteiger partial charge in [0.05, 0.1) is 6.61 Å². The normalized spacial score (nSPS) is 15.8. The molecule has 0 aromatic rings. The van der Waals surface area contributed by atoms with Crippen LogP contribution in [0.15, 0.2) is 0 Å². The number of ketones is 1. The number of hydrogen-bond acceptors (Lipinski definition) is 6. The van der Waals surface area contributed by atoms with E-state index in [1.807, 2.05) is 0 Å². The zero-order valence-corrected chi connectivity index (χ0v) is 7.29. The van der Waals surface area contributed by atoms with Crippen LogP contribution in [0.25, 0.3) is 0 Å². The zero-order chi connectivity index (χ0) is 9.72. The Balaban J connectivity index is -0.000000605. The fourth-order valence-corrected chi connectivity index (χ4v) is 0.602. The van der Waals surface area contributed by atoms with E-state index in [1.54, 1.807) is 0 Å². The summed E-state index contributed by atoms with van der Waals surface area (Å²) < 4.78 is 0. The monoisotopic (exact) mass is 216 g/mol. The number of carbonyl (C=O) groups is 1. The van der Waals surface area contributed by atoms with Crippen LogP contribution < -0.4 is 0 Å². The second-order valence-corrected chi connectivity index (χ2v) is 2.31. The molecule has 3 atom stereocenters. The van der Waals surface area contributed by atoms with Gasteiger partial charge in [-0.05, 0) is 0 Å². The van der Waals surface area contributed by atoms with Crippen LogP contribution in [0, 0.1) is 0 Å². The van der Waals surface area contributed by atoms with Crippen LogP contribution in [0.5, 0.6) is 0 Å². The van der Waals surface area contributed by atoms with Gasteiger partial charge in [-0.3, -0.25) is 4.79 Å². The molecule has 0 bridgehead atoms. The molecule has 0 saturated carbocycles. The second kappa shape index (κ2) is 8.97. The smallest absolute Gasteiger partial charge is 0.189 e. The Bertz CT molecular complexity index is 149. The minimum Gasteiger partial charge on any atom is -0.412 e. The molecule has 88 valence electrons. The van der Waals surface area contributed by atoms with Gasteiger partial charge in [0.2, 0.25) is 0 Å². The van der Waals surface area contributed by atoms with E-state index in [1.165, 1.54) is 0 Å². The van der Waals surface area contributed by atoms with Crippen LogP contribution in [-0.4, -0.2) is 73.8 Å². The lowest BCUT2D eigenvalue weighted by Crippen LogP contribution is -2.44. The van der Waals surface area contributed by atoms with E-state index in [0.717, 1.165) is 0 Å². The molecule has 0 radical (unpaired) electrons. The summed E-state index contributed by atoms with van der Waals surface area (Å²) >= 11 is 0. The lowest BCUT2D eigenvalue weighted by atomic mass is 10.1. The van der Waals surface area contributed by atoms with Gasteiger partial charge in [0.25, 0.3) is 0 Å². The largest absolute Gasteiger partial charge is 0.412 e. The number of Topliss-reactive ketones (excluding diaryl/α,β-unsaturated/α-hetero) is 1. The Kier molecular flexibility index (Phi) is 12.2. The lowest BCUT2D eigenvalue weighted by molar-refractivity contribution is -0.142. The van der Waals surface area contributed by atoms with Gasteiger partial charge in [-0.25, -0.2) is 0 Å². The highest BCUT2D eigenvalue weighted by Crippen LogP contribution is 2.00. The third-order valence-electron chi connectivity index (χ3n) is 1.39. The Hall–Kier alpha value is -0.610. The van der Waals surface area contributed by atoms with Crippen LogP contribution >= 0.6 is 0 Å². The standard InChI is InChI=1S/C6H12O6.2H2O/c7-1-3(9)5(11)6(12)4(10)2-8;;/h3,5-9,11-12H,1-2H2;2*1H2/t3-,5-,6-;;/m1../s1. The summed E-state index contributed by atoms with van der Waals surface area (Å²) in [5.74, 6) is -1.00. The summed E-state index contributed by atoms with van der Waals surface area (Å²) in [6.45, 7) is -1.69. The van der Waals surface area contributed by atoms with E-state index in [-0.39, 0.29) is 11.0 Å². The van der Waals surface area contributed by atoms with Crippen LogP contribution in [0.1, 0.15) is 0 Å². The number of hydrogen-bond donors (Lipinski definition) is 5.